The minimum Gasteiger partial charge on any atom is -0.478 e. The van der Waals surface area contributed by atoms with Crippen molar-refractivity contribution in [2.45, 2.75) is 6.42 Å². The van der Waals surface area contributed by atoms with Crippen molar-refractivity contribution < 1.29 is 13.9 Å². The van der Waals surface area contributed by atoms with E-state index in [1.54, 1.807) is 22.7 Å². The van der Waals surface area contributed by atoms with E-state index < -0.39 is 5.91 Å². The summed E-state index contributed by atoms with van der Waals surface area (Å²) in [6.45, 7) is 1.52. The summed E-state index contributed by atoms with van der Waals surface area (Å²) in [6, 6.07) is 8.66. The number of ether oxygens (including phenoxy) is 1. The van der Waals surface area contributed by atoms with Gasteiger partial charge in [-0.15, -0.1) is 5.10 Å². The van der Waals surface area contributed by atoms with E-state index in [4.69, 9.17) is 9.15 Å². The molecule has 0 unspecified atom stereocenters. The molecule has 0 aromatic carbocycles. The first-order valence-electron chi connectivity index (χ1n) is 7.61. The van der Waals surface area contributed by atoms with Crippen molar-refractivity contribution in [2.24, 2.45) is 0 Å². The summed E-state index contributed by atoms with van der Waals surface area (Å²) in [5, 5.41) is 6.88. The van der Waals surface area contributed by atoms with Crippen LogP contribution < -0.4 is 10.1 Å². The molecule has 126 valence electrons. The van der Waals surface area contributed by atoms with Gasteiger partial charge in [-0.2, -0.15) is 9.50 Å². The molecule has 24 heavy (non-hydrogen) atoms. The maximum atomic E-state index is 12.0. The molecule has 0 radical (unpaired) electrons. The van der Waals surface area contributed by atoms with Gasteiger partial charge >= 0.3 is 0 Å². The number of fused-ring (bicyclic) bond motifs is 1. The third-order valence-corrected chi connectivity index (χ3v) is 3.29. The SMILES string of the molecule is CN(C)CCCOc1cccc2nc(NC(=O)c3ccco3)nn12. The number of hydrogen-bond donors (Lipinski definition) is 1. The first kappa shape index (κ1) is 16.0. The van der Waals surface area contributed by atoms with Crippen LogP contribution in [0.1, 0.15) is 17.0 Å². The van der Waals surface area contributed by atoms with Gasteiger partial charge in [0.25, 0.3) is 5.91 Å². The zero-order valence-electron chi connectivity index (χ0n) is 13.6. The van der Waals surface area contributed by atoms with E-state index in [-0.39, 0.29) is 11.7 Å². The fraction of sp³-hybridized carbons (Fsp3) is 0.312. The molecule has 3 aromatic rings. The molecule has 8 heteroatoms. The van der Waals surface area contributed by atoms with Crippen molar-refractivity contribution in [3.05, 3.63) is 42.4 Å². The molecule has 3 rings (SSSR count). The van der Waals surface area contributed by atoms with Gasteiger partial charge in [-0.05, 0) is 38.7 Å². The van der Waals surface area contributed by atoms with Crippen molar-refractivity contribution in [1.29, 1.82) is 0 Å². The summed E-state index contributed by atoms with van der Waals surface area (Å²) in [5.74, 6) is 0.580. The summed E-state index contributed by atoms with van der Waals surface area (Å²) in [5.41, 5.74) is 0.592. The minimum absolute atomic E-state index is 0.195. The Bertz CT molecular complexity index is 810. The van der Waals surface area contributed by atoms with Gasteiger partial charge in [-0.1, -0.05) is 6.07 Å². The first-order valence-corrected chi connectivity index (χ1v) is 7.61. The number of anilines is 1. The molecule has 0 spiro atoms. The van der Waals surface area contributed by atoms with Crippen molar-refractivity contribution in [3.8, 4) is 5.88 Å². The van der Waals surface area contributed by atoms with E-state index in [2.05, 4.69) is 20.3 Å². The van der Waals surface area contributed by atoms with Gasteiger partial charge in [-0.25, -0.2) is 0 Å². The highest BCUT2D eigenvalue weighted by atomic mass is 16.5. The van der Waals surface area contributed by atoms with Gasteiger partial charge < -0.3 is 14.1 Å². The first-order chi connectivity index (χ1) is 11.6. The van der Waals surface area contributed by atoms with Gasteiger partial charge in [0.1, 0.15) is 0 Å². The predicted octanol–water partition coefficient (Wildman–Crippen LogP) is 1.91. The number of rotatable bonds is 7. The second-order valence-electron chi connectivity index (χ2n) is 5.51. The van der Waals surface area contributed by atoms with E-state index in [1.807, 2.05) is 26.2 Å². The van der Waals surface area contributed by atoms with Crippen molar-refractivity contribution >= 4 is 17.5 Å². The van der Waals surface area contributed by atoms with E-state index in [0.29, 0.717) is 18.1 Å². The highest BCUT2D eigenvalue weighted by molar-refractivity contribution is 6.01. The highest BCUT2D eigenvalue weighted by Crippen LogP contribution is 2.15. The number of nitrogens with zero attached hydrogens (tertiary/aromatic N) is 4. The Morgan fingerprint density at radius 1 is 1.33 bits per heavy atom. The minimum atomic E-state index is -0.399. The average molecular weight is 329 g/mol. The molecule has 1 N–H and O–H groups in total. The Morgan fingerprint density at radius 2 is 2.21 bits per heavy atom. The molecular weight excluding hydrogens is 310 g/mol. The molecule has 0 aliphatic rings. The largest absolute Gasteiger partial charge is 0.478 e. The van der Waals surface area contributed by atoms with E-state index >= 15 is 0 Å². The molecule has 3 aromatic heterocycles. The Balaban J connectivity index is 1.71. The van der Waals surface area contributed by atoms with Crippen LogP contribution in [0.2, 0.25) is 0 Å². The lowest BCUT2D eigenvalue weighted by Crippen LogP contribution is -2.16. The summed E-state index contributed by atoms with van der Waals surface area (Å²) in [4.78, 5) is 18.4. The topological polar surface area (TPSA) is 84.9 Å². The molecule has 0 fully saturated rings. The summed E-state index contributed by atoms with van der Waals surface area (Å²) < 4.78 is 12.4. The van der Waals surface area contributed by atoms with Crippen LogP contribution in [0.5, 0.6) is 5.88 Å². The summed E-state index contributed by atoms with van der Waals surface area (Å²) in [7, 11) is 4.04. The van der Waals surface area contributed by atoms with Crippen molar-refractivity contribution in [3.63, 3.8) is 0 Å². The zero-order chi connectivity index (χ0) is 16.9. The third kappa shape index (κ3) is 3.72. The molecular formula is C16H19N5O3. The monoisotopic (exact) mass is 329 g/mol. The Morgan fingerprint density at radius 3 is 2.96 bits per heavy atom. The molecule has 0 aliphatic carbocycles. The van der Waals surface area contributed by atoms with Crippen LogP contribution in [0.25, 0.3) is 5.65 Å². The van der Waals surface area contributed by atoms with E-state index in [9.17, 15) is 4.79 Å². The number of furan rings is 1. The zero-order valence-corrected chi connectivity index (χ0v) is 13.6. The van der Waals surface area contributed by atoms with Crippen LogP contribution in [-0.2, 0) is 0 Å². The molecule has 0 aliphatic heterocycles. The maximum Gasteiger partial charge on any atom is 0.293 e. The van der Waals surface area contributed by atoms with E-state index in [1.165, 1.54) is 6.26 Å². The van der Waals surface area contributed by atoms with Gasteiger partial charge in [0.05, 0.1) is 12.9 Å². The lowest BCUT2D eigenvalue weighted by Gasteiger charge is -2.10. The van der Waals surface area contributed by atoms with E-state index in [0.717, 1.165) is 13.0 Å². The fourth-order valence-corrected chi connectivity index (χ4v) is 2.17. The molecule has 0 saturated heterocycles. The van der Waals surface area contributed by atoms with Gasteiger partial charge in [0.15, 0.2) is 11.4 Å². The molecule has 3 heterocycles. The van der Waals surface area contributed by atoms with Crippen LogP contribution >= 0.6 is 0 Å². The number of nitrogens with one attached hydrogen (secondary N) is 1. The Kier molecular flexibility index (Phi) is 4.76. The summed E-state index contributed by atoms with van der Waals surface area (Å²) in [6.07, 6.45) is 2.34. The van der Waals surface area contributed by atoms with Crippen LogP contribution in [0, 0.1) is 0 Å². The predicted molar refractivity (Wildman–Crippen MR) is 88.3 cm³/mol. The summed E-state index contributed by atoms with van der Waals surface area (Å²) >= 11 is 0. The standard InChI is InChI=1S/C16H19N5O3/c1-20(2)9-5-11-24-14-8-3-7-13-17-16(19-21(13)14)18-15(22)12-6-4-10-23-12/h3-4,6-8,10H,5,9,11H2,1-2H3,(H,18,19,22). The molecule has 8 nitrogen and oxygen atoms in total. The fourth-order valence-electron chi connectivity index (χ4n) is 2.17. The number of pyridine rings is 1. The number of carbonyl (C=O) groups is 1. The highest BCUT2D eigenvalue weighted by Gasteiger charge is 2.13. The van der Waals surface area contributed by atoms with Crippen LogP contribution in [0.4, 0.5) is 5.95 Å². The van der Waals surface area contributed by atoms with Gasteiger partial charge in [-0.3, -0.25) is 10.1 Å². The maximum absolute atomic E-state index is 12.0. The molecule has 0 atom stereocenters. The molecule has 0 bridgehead atoms. The lowest BCUT2D eigenvalue weighted by atomic mass is 10.4. The Labute approximate surface area is 139 Å². The van der Waals surface area contributed by atoms with Gasteiger partial charge in [0, 0.05) is 12.6 Å². The number of carbonyl (C=O) groups excluding carboxylic acids is 1. The second-order valence-corrected chi connectivity index (χ2v) is 5.51. The quantitative estimate of drug-likeness (QED) is 0.667. The Hall–Kier alpha value is -2.87. The lowest BCUT2D eigenvalue weighted by molar-refractivity contribution is 0.0996. The van der Waals surface area contributed by atoms with Crippen LogP contribution in [0.3, 0.4) is 0 Å². The number of hydrogen-bond acceptors (Lipinski definition) is 6. The van der Waals surface area contributed by atoms with Crippen LogP contribution in [-0.4, -0.2) is 52.7 Å². The van der Waals surface area contributed by atoms with Gasteiger partial charge in [0.2, 0.25) is 11.8 Å². The molecule has 0 saturated carbocycles. The smallest absolute Gasteiger partial charge is 0.293 e. The van der Waals surface area contributed by atoms with Crippen LogP contribution in [0.15, 0.2) is 41.0 Å². The number of aromatic nitrogens is 3. The van der Waals surface area contributed by atoms with Crippen molar-refractivity contribution in [1.82, 2.24) is 19.5 Å². The third-order valence-electron chi connectivity index (χ3n) is 3.29. The van der Waals surface area contributed by atoms with Crippen molar-refractivity contribution in [2.75, 3.05) is 32.6 Å². The number of amides is 1. The normalized spacial score (nSPS) is 11.1. The second kappa shape index (κ2) is 7.14. The molecule has 1 amide bonds. The average Bonchev–Trinajstić information content (AvgIpc) is 3.20.